The van der Waals surface area contributed by atoms with Gasteiger partial charge in [0.25, 0.3) is 0 Å². The summed E-state index contributed by atoms with van der Waals surface area (Å²) >= 11 is 1.49. The third-order valence-corrected chi connectivity index (χ3v) is 4.73. The summed E-state index contributed by atoms with van der Waals surface area (Å²) in [4.78, 5) is 3.07. The van der Waals surface area contributed by atoms with Gasteiger partial charge in [-0.25, -0.2) is 0 Å². The van der Waals surface area contributed by atoms with E-state index in [1.54, 1.807) is 6.07 Å². The highest BCUT2D eigenvalue weighted by molar-refractivity contribution is 7.99. The number of likely N-dealkylation sites (tertiary alicyclic amines) is 1. The first-order chi connectivity index (χ1) is 9.99. The van der Waals surface area contributed by atoms with Crippen molar-refractivity contribution >= 4 is 11.8 Å². The number of benzene rings is 1. The molecule has 0 aromatic heterocycles. The van der Waals surface area contributed by atoms with Crippen LogP contribution in [0.2, 0.25) is 0 Å². The quantitative estimate of drug-likeness (QED) is 0.837. The van der Waals surface area contributed by atoms with Crippen LogP contribution in [-0.4, -0.2) is 43.4 Å². The van der Waals surface area contributed by atoms with E-state index in [2.05, 4.69) is 10.2 Å². The third-order valence-electron chi connectivity index (χ3n) is 3.75. The van der Waals surface area contributed by atoms with Crippen LogP contribution in [0.1, 0.15) is 18.4 Å². The fourth-order valence-corrected chi connectivity index (χ4v) is 3.52. The lowest BCUT2D eigenvalue weighted by Crippen LogP contribution is -2.45. The summed E-state index contributed by atoms with van der Waals surface area (Å²) in [5, 5.41) is 3.29. The minimum absolute atomic E-state index is 0.539. The van der Waals surface area contributed by atoms with E-state index in [1.807, 2.05) is 7.05 Å². The van der Waals surface area contributed by atoms with Gasteiger partial charge in [0.05, 0.1) is 5.56 Å². The van der Waals surface area contributed by atoms with Crippen LogP contribution in [0.4, 0.5) is 13.2 Å². The zero-order valence-electron chi connectivity index (χ0n) is 12.1. The molecule has 1 atom stereocenters. The van der Waals surface area contributed by atoms with Crippen LogP contribution >= 0.6 is 11.8 Å². The standard InChI is InChI=1S/C15H21F3N2S/c1-19-13-5-3-7-20(11-13)8-9-21-14-6-2-4-12(10-14)15(16,17)18/h2,4,6,10,13,19H,3,5,7-9,11H2,1H3. The Bertz CT molecular complexity index is 451. The maximum atomic E-state index is 12.6. The Balaban J connectivity index is 1.81. The number of hydrogen-bond donors (Lipinski definition) is 1. The van der Waals surface area contributed by atoms with E-state index in [1.165, 1.54) is 36.7 Å². The Kier molecular flexibility index (Phi) is 5.96. The van der Waals surface area contributed by atoms with E-state index in [0.717, 1.165) is 31.5 Å². The molecule has 0 spiro atoms. The van der Waals surface area contributed by atoms with Crippen molar-refractivity contribution in [2.24, 2.45) is 0 Å². The fraction of sp³-hybridized carbons (Fsp3) is 0.600. The number of likely N-dealkylation sites (N-methyl/N-ethyl adjacent to an activating group) is 1. The minimum atomic E-state index is -4.26. The van der Waals surface area contributed by atoms with E-state index < -0.39 is 11.7 Å². The van der Waals surface area contributed by atoms with Crippen LogP contribution in [0.15, 0.2) is 29.2 Å². The van der Waals surface area contributed by atoms with Crippen molar-refractivity contribution < 1.29 is 13.2 Å². The third kappa shape index (κ3) is 5.20. The molecule has 1 fully saturated rings. The number of hydrogen-bond acceptors (Lipinski definition) is 3. The molecule has 1 saturated heterocycles. The highest BCUT2D eigenvalue weighted by Crippen LogP contribution is 2.31. The SMILES string of the molecule is CNC1CCCN(CCSc2cccc(C(F)(F)F)c2)C1. The van der Waals surface area contributed by atoms with E-state index >= 15 is 0 Å². The molecule has 0 amide bonds. The predicted molar refractivity (Wildman–Crippen MR) is 80.7 cm³/mol. The molecule has 6 heteroatoms. The molecule has 1 aliphatic rings. The molecule has 0 saturated carbocycles. The van der Waals surface area contributed by atoms with Gasteiger partial charge in [-0.1, -0.05) is 6.07 Å². The van der Waals surface area contributed by atoms with Crippen LogP contribution < -0.4 is 5.32 Å². The molecule has 2 rings (SSSR count). The van der Waals surface area contributed by atoms with Gasteiger partial charge in [0.1, 0.15) is 0 Å². The summed E-state index contributed by atoms with van der Waals surface area (Å²) in [6.07, 6.45) is -1.88. The average molecular weight is 318 g/mol. The monoisotopic (exact) mass is 318 g/mol. The van der Waals surface area contributed by atoms with Gasteiger partial charge in [0.2, 0.25) is 0 Å². The number of nitrogens with zero attached hydrogens (tertiary/aromatic N) is 1. The molecule has 0 aliphatic carbocycles. The van der Waals surface area contributed by atoms with Crippen LogP contribution in [-0.2, 0) is 6.18 Å². The van der Waals surface area contributed by atoms with Gasteiger partial charge < -0.3 is 10.2 Å². The summed E-state index contributed by atoms with van der Waals surface area (Å²) in [7, 11) is 1.98. The lowest BCUT2D eigenvalue weighted by Gasteiger charge is -2.32. The molecule has 1 aromatic carbocycles. The van der Waals surface area contributed by atoms with Crippen LogP contribution in [0, 0.1) is 0 Å². The van der Waals surface area contributed by atoms with Crippen molar-refractivity contribution in [3.63, 3.8) is 0 Å². The summed E-state index contributed by atoms with van der Waals surface area (Å²) in [5.74, 6) is 0.817. The summed E-state index contributed by atoms with van der Waals surface area (Å²) < 4.78 is 37.9. The summed E-state index contributed by atoms with van der Waals surface area (Å²) in [6, 6.07) is 6.11. The molecule has 118 valence electrons. The maximum absolute atomic E-state index is 12.6. The molecule has 1 N–H and O–H groups in total. The van der Waals surface area contributed by atoms with Crippen molar-refractivity contribution in [3.8, 4) is 0 Å². The molecule has 1 unspecified atom stereocenters. The average Bonchev–Trinajstić information content (AvgIpc) is 2.47. The van der Waals surface area contributed by atoms with E-state index in [9.17, 15) is 13.2 Å². The van der Waals surface area contributed by atoms with Gasteiger partial charge in [-0.05, 0) is 44.6 Å². The van der Waals surface area contributed by atoms with Gasteiger partial charge >= 0.3 is 6.18 Å². The second-order valence-corrected chi connectivity index (χ2v) is 6.47. The molecule has 21 heavy (non-hydrogen) atoms. The number of thioether (sulfide) groups is 1. The maximum Gasteiger partial charge on any atom is 0.416 e. The zero-order valence-corrected chi connectivity index (χ0v) is 12.9. The van der Waals surface area contributed by atoms with E-state index in [0.29, 0.717) is 10.9 Å². The van der Waals surface area contributed by atoms with Gasteiger partial charge in [-0.15, -0.1) is 11.8 Å². The number of alkyl halides is 3. The molecule has 0 radical (unpaired) electrons. The number of halogens is 3. The van der Waals surface area contributed by atoms with E-state index in [4.69, 9.17) is 0 Å². The Hall–Kier alpha value is -0.720. The molecule has 1 aromatic rings. The topological polar surface area (TPSA) is 15.3 Å². The largest absolute Gasteiger partial charge is 0.416 e. The fourth-order valence-electron chi connectivity index (χ4n) is 2.55. The molecular weight excluding hydrogens is 297 g/mol. The number of piperidine rings is 1. The van der Waals surface area contributed by atoms with Gasteiger partial charge in [-0.3, -0.25) is 0 Å². The first-order valence-corrected chi connectivity index (χ1v) is 8.17. The molecule has 2 nitrogen and oxygen atoms in total. The number of nitrogens with one attached hydrogen (secondary N) is 1. The van der Waals surface area contributed by atoms with E-state index in [-0.39, 0.29) is 0 Å². The lowest BCUT2D eigenvalue weighted by molar-refractivity contribution is -0.137. The normalized spacial score (nSPS) is 20.7. The minimum Gasteiger partial charge on any atom is -0.316 e. The van der Waals surface area contributed by atoms with Crippen LogP contribution in [0.5, 0.6) is 0 Å². The smallest absolute Gasteiger partial charge is 0.316 e. The Morgan fingerprint density at radius 2 is 2.19 bits per heavy atom. The van der Waals surface area contributed by atoms with Gasteiger partial charge in [-0.2, -0.15) is 13.2 Å². The molecule has 1 heterocycles. The Labute approximate surface area is 128 Å². The molecular formula is C15H21F3N2S. The van der Waals surface area contributed by atoms with Crippen molar-refractivity contribution in [3.05, 3.63) is 29.8 Å². The second-order valence-electron chi connectivity index (χ2n) is 5.30. The Morgan fingerprint density at radius 3 is 2.90 bits per heavy atom. The van der Waals surface area contributed by atoms with Crippen LogP contribution in [0.25, 0.3) is 0 Å². The first kappa shape index (κ1) is 16.6. The Morgan fingerprint density at radius 1 is 1.38 bits per heavy atom. The second kappa shape index (κ2) is 7.51. The summed E-state index contributed by atoms with van der Waals surface area (Å²) in [6.45, 7) is 3.03. The van der Waals surface area contributed by atoms with Crippen molar-refractivity contribution in [2.75, 3.05) is 32.4 Å². The molecule has 1 aliphatic heterocycles. The van der Waals surface area contributed by atoms with Crippen molar-refractivity contribution in [1.82, 2.24) is 10.2 Å². The first-order valence-electron chi connectivity index (χ1n) is 7.18. The summed E-state index contributed by atoms with van der Waals surface area (Å²) in [5.41, 5.74) is -0.569. The highest BCUT2D eigenvalue weighted by Gasteiger charge is 2.30. The zero-order chi connectivity index (χ0) is 15.3. The number of rotatable bonds is 5. The highest BCUT2D eigenvalue weighted by atomic mass is 32.2. The predicted octanol–water partition coefficient (Wildman–Crippen LogP) is 3.48. The van der Waals surface area contributed by atoms with Gasteiger partial charge in [0, 0.05) is 29.8 Å². The molecule has 0 bridgehead atoms. The van der Waals surface area contributed by atoms with Crippen molar-refractivity contribution in [1.29, 1.82) is 0 Å². The lowest BCUT2D eigenvalue weighted by atomic mass is 10.1. The van der Waals surface area contributed by atoms with Crippen molar-refractivity contribution in [2.45, 2.75) is 30.0 Å². The van der Waals surface area contributed by atoms with Crippen LogP contribution in [0.3, 0.4) is 0 Å². The van der Waals surface area contributed by atoms with Gasteiger partial charge in [0.15, 0.2) is 0 Å².